The lowest BCUT2D eigenvalue weighted by Crippen LogP contribution is -2.35. The minimum Gasteiger partial charge on any atom is -0.384 e. The van der Waals surface area contributed by atoms with Crippen LogP contribution in [-0.2, 0) is 20.0 Å². The van der Waals surface area contributed by atoms with Gasteiger partial charge >= 0.3 is 0 Å². The van der Waals surface area contributed by atoms with Crippen molar-refractivity contribution in [1.29, 1.82) is 0 Å². The molecule has 8 N–H and O–H groups in total. The van der Waals surface area contributed by atoms with Gasteiger partial charge in [-0.2, -0.15) is 0 Å². The average molecular weight is 468 g/mol. The molecule has 0 bridgehead atoms. The van der Waals surface area contributed by atoms with E-state index in [0.29, 0.717) is 12.0 Å². The molecule has 166 valence electrons. The minimum absolute atomic E-state index is 0.0945. The number of primary sulfonamides is 1. The predicted octanol–water partition coefficient (Wildman–Crippen LogP) is -0.826. The summed E-state index contributed by atoms with van der Waals surface area (Å²) in [4.78, 5) is 2.79. The molecule has 0 saturated heterocycles. The highest BCUT2D eigenvalue weighted by atomic mass is 32.2. The number of nitrogens with zero attached hydrogens (tertiary/aromatic N) is 4. The van der Waals surface area contributed by atoms with E-state index >= 15 is 0 Å². The monoisotopic (exact) mass is 467 g/mol. The van der Waals surface area contributed by atoms with Crippen LogP contribution in [0.15, 0.2) is 40.3 Å². The number of sulfonamides is 2. The number of hydrogen-bond acceptors (Lipinski definition) is 10. The van der Waals surface area contributed by atoms with Gasteiger partial charge in [0.05, 0.1) is 0 Å². The summed E-state index contributed by atoms with van der Waals surface area (Å²) in [7, 11) is -8.86. The number of pyridine rings is 1. The van der Waals surface area contributed by atoms with Crippen LogP contribution in [0.25, 0.3) is 22.5 Å². The molecular formula is C16H21N9O4S2. The molecule has 15 heteroatoms. The average Bonchev–Trinajstić information content (AvgIpc) is 3.21. The summed E-state index contributed by atoms with van der Waals surface area (Å²) in [5, 5.41) is 18.6. The maximum atomic E-state index is 13.0. The van der Waals surface area contributed by atoms with Gasteiger partial charge in [-0.05, 0) is 54.1 Å². The van der Waals surface area contributed by atoms with Crippen LogP contribution in [0, 0.1) is 0 Å². The van der Waals surface area contributed by atoms with Crippen LogP contribution in [0.5, 0.6) is 0 Å². The third-order valence-corrected chi connectivity index (χ3v) is 7.09. The molecule has 0 aliphatic heterocycles. The molecule has 0 radical (unpaired) electrons. The number of hydrogen-bond donors (Lipinski definition) is 5. The topological polar surface area (TPSA) is 226 Å². The van der Waals surface area contributed by atoms with Crippen LogP contribution in [0.3, 0.4) is 0 Å². The molecular weight excluding hydrogens is 446 g/mol. The molecule has 0 amide bonds. The van der Waals surface area contributed by atoms with Crippen molar-refractivity contribution in [3.8, 4) is 22.5 Å². The first-order valence-corrected chi connectivity index (χ1v) is 12.0. The Hall–Kier alpha value is -2.98. The third-order valence-electron chi connectivity index (χ3n) is 4.33. The van der Waals surface area contributed by atoms with Crippen molar-refractivity contribution in [2.75, 3.05) is 12.3 Å². The van der Waals surface area contributed by atoms with Gasteiger partial charge in [0, 0.05) is 23.4 Å². The van der Waals surface area contributed by atoms with Crippen molar-refractivity contribution in [2.24, 2.45) is 10.9 Å². The number of benzene rings is 1. The smallest absolute Gasteiger partial charge is 0.242 e. The summed E-state index contributed by atoms with van der Waals surface area (Å²) < 4.78 is 53.7. The van der Waals surface area contributed by atoms with Gasteiger partial charge in [-0.25, -0.2) is 36.8 Å². The first-order valence-electron chi connectivity index (χ1n) is 8.93. The number of nitrogens with one attached hydrogen (secondary N) is 2. The SMILES string of the molecule is C[C@@H](CCN)NS(=O)(=O)c1ccc(-c2ccc(N)nc2)c(-c2nnn[nH]2)c1S(N)(=O)=O. The van der Waals surface area contributed by atoms with Crippen molar-refractivity contribution in [2.45, 2.75) is 29.2 Å². The second-order valence-corrected chi connectivity index (χ2v) is 9.86. The number of aromatic amines is 1. The maximum Gasteiger partial charge on any atom is 0.242 e. The lowest BCUT2D eigenvalue weighted by atomic mass is 10.0. The number of nitrogen functional groups attached to an aromatic ring is 1. The molecule has 1 atom stereocenters. The number of H-pyrrole nitrogens is 1. The summed E-state index contributed by atoms with van der Waals surface area (Å²) >= 11 is 0. The van der Waals surface area contributed by atoms with E-state index in [0.717, 1.165) is 6.07 Å². The Bertz CT molecular complexity index is 1280. The molecule has 31 heavy (non-hydrogen) atoms. The van der Waals surface area contributed by atoms with E-state index < -0.39 is 35.9 Å². The standard InChI is InChI=1S/C16H21N9O4S2/c1-9(6-7-17)23-31(28,29)12-4-3-11(10-2-5-13(18)20-8-10)14(15(12)30(19,26)27)16-21-24-25-22-16/h2-5,8-9,23H,6-7,17H2,1H3,(H2,18,20)(H2,19,26,27)(H,21,22,24,25)/t9-/m0/s1. The van der Waals surface area contributed by atoms with E-state index in [1.54, 1.807) is 13.0 Å². The largest absolute Gasteiger partial charge is 0.384 e. The molecule has 0 aliphatic rings. The summed E-state index contributed by atoms with van der Waals surface area (Å²) in [6, 6.07) is 5.13. The van der Waals surface area contributed by atoms with Crippen LogP contribution >= 0.6 is 0 Å². The summed E-state index contributed by atoms with van der Waals surface area (Å²) in [6.45, 7) is 1.85. The molecule has 2 aromatic heterocycles. The number of anilines is 1. The van der Waals surface area contributed by atoms with Gasteiger partial charge < -0.3 is 11.5 Å². The summed E-state index contributed by atoms with van der Waals surface area (Å²) in [5.74, 6) is 0.151. The minimum atomic E-state index is -4.56. The Labute approximate surface area is 178 Å². The fourth-order valence-electron chi connectivity index (χ4n) is 3.00. The van der Waals surface area contributed by atoms with Gasteiger partial charge in [0.25, 0.3) is 0 Å². The number of tetrazole rings is 1. The number of nitrogens with two attached hydrogens (primary N) is 3. The Morgan fingerprint density at radius 1 is 1.16 bits per heavy atom. The molecule has 0 spiro atoms. The molecule has 0 fully saturated rings. The van der Waals surface area contributed by atoms with E-state index in [1.807, 2.05) is 0 Å². The Balaban J connectivity index is 2.35. The first-order chi connectivity index (χ1) is 14.5. The van der Waals surface area contributed by atoms with Crippen molar-refractivity contribution < 1.29 is 16.8 Å². The van der Waals surface area contributed by atoms with Crippen molar-refractivity contribution in [1.82, 2.24) is 30.3 Å². The summed E-state index contributed by atoms with van der Waals surface area (Å²) in [5.41, 5.74) is 11.7. The lowest BCUT2D eigenvalue weighted by Gasteiger charge is -2.18. The van der Waals surface area contributed by atoms with Gasteiger partial charge in [0.2, 0.25) is 20.0 Å². The Morgan fingerprint density at radius 2 is 1.90 bits per heavy atom. The molecule has 3 rings (SSSR count). The zero-order chi connectivity index (χ0) is 22.8. The van der Waals surface area contributed by atoms with Crippen LogP contribution in [0.1, 0.15) is 13.3 Å². The third kappa shape index (κ3) is 4.86. The fourth-order valence-corrected chi connectivity index (χ4v) is 5.89. The molecule has 0 unspecified atom stereocenters. The van der Waals surface area contributed by atoms with E-state index in [2.05, 4.69) is 30.3 Å². The zero-order valence-corrected chi connectivity index (χ0v) is 18.0. The maximum absolute atomic E-state index is 13.0. The molecule has 0 aliphatic carbocycles. The lowest BCUT2D eigenvalue weighted by molar-refractivity contribution is 0.546. The Kier molecular flexibility index (Phi) is 6.33. The van der Waals surface area contributed by atoms with Crippen molar-refractivity contribution >= 4 is 25.9 Å². The highest BCUT2D eigenvalue weighted by Gasteiger charge is 2.32. The predicted molar refractivity (Wildman–Crippen MR) is 112 cm³/mol. The van der Waals surface area contributed by atoms with Crippen LogP contribution in [0.4, 0.5) is 5.82 Å². The second kappa shape index (κ2) is 8.64. The summed E-state index contributed by atoms with van der Waals surface area (Å²) in [6.07, 6.45) is 1.75. The van der Waals surface area contributed by atoms with Gasteiger partial charge in [0.15, 0.2) is 5.82 Å². The van der Waals surface area contributed by atoms with Gasteiger partial charge in [-0.3, -0.25) is 0 Å². The molecule has 13 nitrogen and oxygen atoms in total. The zero-order valence-electron chi connectivity index (χ0n) is 16.3. The Morgan fingerprint density at radius 3 is 2.45 bits per heavy atom. The van der Waals surface area contributed by atoms with Crippen molar-refractivity contribution in [3.05, 3.63) is 30.5 Å². The number of aromatic nitrogens is 5. The van der Waals surface area contributed by atoms with E-state index in [4.69, 9.17) is 16.6 Å². The molecule has 1 aromatic carbocycles. The van der Waals surface area contributed by atoms with E-state index in [-0.39, 0.29) is 29.3 Å². The van der Waals surface area contributed by atoms with Gasteiger partial charge in [0.1, 0.15) is 15.6 Å². The highest BCUT2D eigenvalue weighted by Crippen LogP contribution is 2.38. The second-order valence-electron chi connectivity index (χ2n) is 6.68. The van der Waals surface area contributed by atoms with E-state index in [9.17, 15) is 16.8 Å². The quantitative estimate of drug-likeness (QED) is 0.276. The van der Waals surface area contributed by atoms with Gasteiger partial charge in [-0.15, -0.1) is 5.10 Å². The molecule has 3 aromatic rings. The fraction of sp³-hybridized carbons (Fsp3) is 0.250. The van der Waals surface area contributed by atoms with Crippen molar-refractivity contribution in [3.63, 3.8) is 0 Å². The first kappa shape index (κ1) is 22.7. The highest BCUT2D eigenvalue weighted by molar-refractivity contribution is 7.92. The van der Waals surface area contributed by atoms with Crippen LogP contribution in [0.2, 0.25) is 0 Å². The van der Waals surface area contributed by atoms with Crippen LogP contribution < -0.4 is 21.3 Å². The normalized spacial score (nSPS) is 13.3. The van der Waals surface area contributed by atoms with Gasteiger partial charge in [-0.1, -0.05) is 6.07 Å². The molecule has 2 heterocycles. The van der Waals surface area contributed by atoms with E-state index in [1.165, 1.54) is 18.3 Å². The van der Waals surface area contributed by atoms with Crippen LogP contribution in [-0.4, -0.2) is 55.0 Å². The number of rotatable bonds is 8. The molecule has 0 saturated carbocycles.